The average molecular weight is 288 g/mol. The first-order valence-corrected chi connectivity index (χ1v) is 7.09. The van der Waals surface area contributed by atoms with Gasteiger partial charge in [0.1, 0.15) is 18.2 Å². The first-order valence-electron chi connectivity index (χ1n) is 7.09. The predicted molar refractivity (Wildman–Crippen MR) is 80.5 cm³/mol. The first-order chi connectivity index (χ1) is 10.3. The summed E-state index contributed by atoms with van der Waals surface area (Å²) in [6, 6.07) is 5.42. The number of pyridine rings is 1. The molecule has 0 aliphatic heterocycles. The van der Waals surface area contributed by atoms with Crippen molar-refractivity contribution >= 4 is 5.82 Å². The summed E-state index contributed by atoms with van der Waals surface area (Å²) < 4.78 is 11.1. The van der Waals surface area contributed by atoms with Crippen LogP contribution in [-0.2, 0) is 11.3 Å². The number of hydrogen-bond donors (Lipinski definition) is 1. The molecule has 0 unspecified atom stereocenters. The quantitative estimate of drug-likeness (QED) is 0.805. The summed E-state index contributed by atoms with van der Waals surface area (Å²) in [6.07, 6.45) is 4.36. The zero-order valence-corrected chi connectivity index (χ0v) is 12.4. The molecule has 2 heterocycles. The highest BCUT2D eigenvalue weighted by Crippen LogP contribution is 2.21. The summed E-state index contributed by atoms with van der Waals surface area (Å²) in [7, 11) is 0. The zero-order valence-electron chi connectivity index (χ0n) is 12.4. The second-order valence-electron chi connectivity index (χ2n) is 4.36. The molecule has 0 aliphatic rings. The van der Waals surface area contributed by atoms with Gasteiger partial charge in [0, 0.05) is 25.4 Å². The van der Waals surface area contributed by atoms with Crippen LogP contribution in [0.2, 0.25) is 0 Å². The van der Waals surface area contributed by atoms with Crippen LogP contribution < -0.4 is 10.1 Å². The second-order valence-corrected chi connectivity index (χ2v) is 4.36. The lowest BCUT2D eigenvalue weighted by atomic mass is 10.4. The summed E-state index contributed by atoms with van der Waals surface area (Å²) in [5.41, 5.74) is 0. The normalized spacial score (nSPS) is 10.4. The van der Waals surface area contributed by atoms with Gasteiger partial charge in [-0.25, -0.2) is 4.98 Å². The molecule has 0 fully saturated rings. The minimum Gasteiger partial charge on any atom is -0.437 e. The summed E-state index contributed by atoms with van der Waals surface area (Å²) in [6.45, 7) is 5.86. The Hall–Kier alpha value is -2.21. The molecule has 0 aliphatic carbocycles. The van der Waals surface area contributed by atoms with Crippen molar-refractivity contribution in [3.05, 3.63) is 36.4 Å². The van der Waals surface area contributed by atoms with Crippen molar-refractivity contribution in [1.29, 1.82) is 0 Å². The average Bonchev–Trinajstić information content (AvgIpc) is 2.52. The molecular formula is C15H20N4O2. The predicted octanol–water partition coefficient (Wildman–Crippen LogP) is 3.02. The molecule has 0 aromatic carbocycles. The topological polar surface area (TPSA) is 69.2 Å². The van der Waals surface area contributed by atoms with Crippen molar-refractivity contribution in [2.45, 2.75) is 26.9 Å². The van der Waals surface area contributed by atoms with Gasteiger partial charge >= 0.3 is 0 Å². The minimum absolute atomic E-state index is 0.363. The van der Waals surface area contributed by atoms with Crippen molar-refractivity contribution in [3.63, 3.8) is 0 Å². The number of nitrogens with one attached hydrogen (secondary N) is 1. The molecule has 2 rings (SSSR count). The van der Waals surface area contributed by atoms with E-state index in [-0.39, 0.29) is 0 Å². The number of ether oxygens (including phenoxy) is 2. The molecule has 0 saturated carbocycles. The zero-order chi connectivity index (χ0) is 14.9. The Morgan fingerprint density at radius 1 is 1.24 bits per heavy atom. The van der Waals surface area contributed by atoms with Crippen LogP contribution in [0.3, 0.4) is 0 Å². The fourth-order valence-electron chi connectivity index (χ4n) is 1.65. The van der Waals surface area contributed by atoms with Crippen LogP contribution in [0.25, 0.3) is 0 Å². The van der Waals surface area contributed by atoms with Crippen LogP contribution in [-0.4, -0.2) is 28.1 Å². The highest BCUT2D eigenvalue weighted by molar-refractivity contribution is 5.39. The van der Waals surface area contributed by atoms with Crippen molar-refractivity contribution in [2.75, 3.05) is 18.5 Å². The molecule has 0 amide bonds. The van der Waals surface area contributed by atoms with Crippen molar-refractivity contribution in [2.24, 2.45) is 0 Å². The fourth-order valence-corrected chi connectivity index (χ4v) is 1.65. The van der Waals surface area contributed by atoms with Crippen LogP contribution in [0.5, 0.6) is 11.6 Å². The van der Waals surface area contributed by atoms with Crippen LogP contribution in [0.1, 0.15) is 26.1 Å². The molecule has 0 saturated heterocycles. The summed E-state index contributed by atoms with van der Waals surface area (Å²) >= 11 is 0. The Balaban J connectivity index is 2.17. The highest BCUT2D eigenvalue weighted by atomic mass is 16.5. The number of hydrogen-bond acceptors (Lipinski definition) is 6. The molecule has 2 aromatic rings. The molecule has 0 radical (unpaired) electrons. The molecule has 6 nitrogen and oxygen atoms in total. The summed E-state index contributed by atoms with van der Waals surface area (Å²) in [5, 5.41) is 3.24. The van der Waals surface area contributed by atoms with E-state index < -0.39 is 0 Å². The lowest BCUT2D eigenvalue weighted by Gasteiger charge is -2.10. The minimum atomic E-state index is 0.363. The van der Waals surface area contributed by atoms with Gasteiger partial charge in [0.15, 0.2) is 5.82 Å². The van der Waals surface area contributed by atoms with E-state index in [1.165, 1.54) is 0 Å². The van der Waals surface area contributed by atoms with E-state index in [4.69, 9.17) is 9.47 Å². The first kappa shape index (κ1) is 15.2. The Morgan fingerprint density at radius 3 is 2.86 bits per heavy atom. The van der Waals surface area contributed by atoms with E-state index in [9.17, 15) is 0 Å². The summed E-state index contributed by atoms with van der Waals surface area (Å²) in [4.78, 5) is 12.8. The van der Waals surface area contributed by atoms with E-state index >= 15 is 0 Å². The maximum absolute atomic E-state index is 5.71. The van der Waals surface area contributed by atoms with Crippen LogP contribution in [0.15, 0.2) is 30.6 Å². The number of aromatic nitrogens is 3. The van der Waals surface area contributed by atoms with Gasteiger partial charge in [0.25, 0.3) is 0 Å². The Morgan fingerprint density at radius 2 is 2.14 bits per heavy atom. The van der Waals surface area contributed by atoms with E-state index in [0.717, 1.165) is 18.8 Å². The lowest BCUT2D eigenvalue weighted by molar-refractivity contribution is 0.128. The van der Waals surface area contributed by atoms with Gasteiger partial charge in [0.05, 0.1) is 6.20 Å². The Kier molecular flexibility index (Phi) is 5.90. The van der Waals surface area contributed by atoms with Gasteiger partial charge < -0.3 is 14.8 Å². The molecule has 0 atom stereocenters. The number of rotatable bonds is 8. The highest BCUT2D eigenvalue weighted by Gasteiger charge is 2.07. The third kappa shape index (κ3) is 5.00. The molecular weight excluding hydrogens is 268 g/mol. The van der Waals surface area contributed by atoms with Crippen molar-refractivity contribution in [3.8, 4) is 11.6 Å². The third-order valence-electron chi connectivity index (χ3n) is 2.60. The maximum Gasteiger partial charge on any atom is 0.224 e. The van der Waals surface area contributed by atoms with Gasteiger partial charge in [0.2, 0.25) is 5.88 Å². The maximum atomic E-state index is 5.71. The van der Waals surface area contributed by atoms with Gasteiger partial charge in [-0.15, -0.1) is 0 Å². The smallest absolute Gasteiger partial charge is 0.224 e. The largest absolute Gasteiger partial charge is 0.437 e. The fraction of sp³-hybridized carbons (Fsp3) is 0.400. The Bertz CT molecular complexity index is 522. The van der Waals surface area contributed by atoms with E-state index in [1.807, 2.05) is 19.1 Å². The van der Waals surface area contributed by atoms with Gasteiger partial charge in [-0.05, 0) is 25.5 Å². The second kappa shape index (κ2) is 8.16. The van der Waals surface area contributed by atoms with Gasteiger partial charge in [-0.2, -0.15) is 4.98 Å². The van der Waals surface area contributed by atoms with Gasteiger partial charge in [-0.3, -0.25) is 4.98 Å². The van der Waals surface area contributed by atoms with E-state index in [2.05, 4.69) is 27.2 Å². The number of nitrogens with zero attached hydrogens (tertiary/aromatic N) is 3. The number of anilines is 1. The molecule has 0 bridgehead atoms. The standard InChI is InChI=1S/C15H20N4O2/c1-3-7-17-13-9-15(19-14(18-13)11-20-4-2)21-12-6-5-8-16-10-12/h5-6,8-10H,3-4,7,11H2,1-2H3,(H,17,18,19). The third-order valence-corrected chi connectivity index (χ3v) is 2.60. The van der Waals surface area contributed by atoms with Crippen LogP contribution >= 0.6 is 0 Å². The molecule has 2 aromatic heterocycles. The van der Waals surface area contributed by atoms with Crippen LogP contribution in [0.4, 0.5) is 5.82 Å². The SMILES string of the molecule is CCCNc1cc(Oc2cccnc2)nc(COCC)n1. The molecule has 0 spiro atoms. The van der Waals surface area contributed by atoms with E-state index in [1.54, 1.807) is 18.5 Å². The van der Waals surface area contributed by atoms with Crippen molar-refractivity contribution < 1.29 is 9.47 Å². The molecule has 1 N–H and O–H groups in total. The van der Waals surface area contributed by atoms with E-state index in [0.29, 0.717) is 30.7 Å². The summed E-state index contributed by atoms with van der Waals surface area (Å²) in [5.74, 6) is 2.45. The monoisotopic (exact) mass is 288 g/mol. The van der Waals surface area contributed by atoms with Crippen LogP contribution in [0, 0.1) is 0 Å². The molecule has 112 valence electrons. The molecule has 21 heavy (non-hydrogen) atoms. The Labute approximate surface area is 124 Å². The van der Waals surface area contributed by atoms with Gasteiger partial charge in [-0.1, -0.05) is 6.92 Å². The molecule has 6 heteroatoms. The van der Waals surface area contributed by atoms with Crippen molar-refractivity contribution in [1.82, 2.24) is 15.0 Å². The lowest BCUT2D eigenvalue weighted by Crippen LogP contribution is -2.07.